The van der Waals surface area contributed by atoms with E-state index in [9.17, 15) is 0 Å². The second-order valence-corrected chi connectivity index (χ2v) is 14.9. The monoisotopic (exact) mass is 316 g/mol. The van der Waals surface area contributed by atoms with Gasteiger partial charge in [0.05, 0.1) is 0 Å². The first-order valence-electron chi connectivity index (χ1n) is 7.65. The highest BCUT2D eigenvalue weighted by Gasteiger charge is 2.32. The Balaban J connectivity index is 2.33. The Bertz CT molecular complexity index is 780. The van der Waals surface area contributed by atoms with Gasteiger partial charge in [-0.25, -0.2) is 0 Å². The van der Waals surface area contributed by atoms with Crippen molar-refractivity contribution < 1.29 is 0 Å². The summed E-state index contributed by atoms with van der Waals surface area (Å²) in [5.74, 6) is 6.83. The van der Waals surface area contributed by atoms with E-state index in [1.54, 1.807) is 0 Å². The highest BCUT2D eigenvalue weighted by atomic mass is 28.3. The van der Waals surface area contributed by atoms with Crippen LogP contribution in [0.15, 0.2) is 48.5 Å². The summed E-state index contributed by atoms with van der Waals surface area (Å²) in [6.45, 7) is 9.39. The van der Waals surface area contributed by atoms with Crippen molar-refractivity contribution in [3.05, 3.63) is 59.7 Å². The molecule has 2 aromatic carbocycles. The predicted octanol–water partition coefficient (Wildman–Crippen LogP) is 3.01. The maximum atomic E-state index is 3.62. The van der Waals surface area contributed by atoms with Crippen LogP contribution in [0.3, 0.4) is 0 Å². The van der Waals surface area contributed by atoms with Crippen molar-refractivity contribution in [1.82, 2.24) is 0 Å². The fourth-order valence-corrected chi connectivity index (χ4v) is 8.43. The Morgan fingerprint density at radius 1 is 0.591 bits per heavy atom. The first-order chi connectivity index (χ1) is 10.4. The van der Waals surface area contributed by atoms with E-state index in [4.69, 9.17) is 0 Å². The van der Waals surface area contributed by atoms with Crippen molar-refractivity contribution in [2.24, 2.45) is 0 Å². The molecule has 0 amide bonds. The molecule has 3 rings (SSSR count). The average Bonchev–Trinajstić information content (AvgIpc) is 2.51. The van der Waals surface area contributed by atoms with Gasteiger partial charge in [0.15, 0.2) is 16.1 Å². The van der Waals surface area contributed by atoms with Gasteiger partial charge >= 0.3 is 0 Å². The van der Waals surface area contributed by atoms with Crippen LogP contribution in [-0.2, 0) is 0 Å². The smallest absolute Gasteiger partial charge is 0.121 e. The standard InChI is InChI=1S/C20H20Si2/c1-21(2)15-13-17-9-5-6-10-18(17)14-16-22(3,4)20-12-8-7-11-19(20)21/h5-12H,1-4H3. The van der Waals surface area contributed by atoms with E-state index in [-0.39, 0.29) is 0 Å². The van der Waals surface area contributed by atoms with E-state index in [0.717, 1.165) is 11.1 Å². The Hall–Kier alpha value is -2.01. The molecule has 0 unspecified atom stereocenters. The van der Waals surface area contributed by atoms with Crippen LogP contribution in [0.4, 0.5) is 0 Å². The lowest BCUT2D eigenvalue weighted by atomic mass is 10.1. The molecule has 0 saturated carbocycles. The molecule has 0 radical (unpaired) electrons. The molecule has 0 fully saturated rings. The third-order valence-electron chi connectivity index (χ3n) is 4.22. The quantitative estimate of drug-likeness (QED) is 0.518. The van der Waals surface area contributed by atoms with Gasteiger partial charge in [-0.1, -0.05) is 74.4 Å². The van der Waals surface area contributed by atoms with E-state index >= 15 is 0 Å². The van der Waals surface area contributed by atoms with Gasteiger partial charge in [0.25, 0.3) is 0 Å². The van der Waals surface area contributed by atoms with E-state index < -0.39 is 16.1 Å². The molecule has 2 heteroatoms. The molecule has 0 aliphatic carbocycles. The maximum Gasteiger partial charge on any atom is 0.163 e. The number of fused-ring (bicyclic) bond motifs is 2. The molecule has 1 heterocycles. The van der Waals surface area contributed by atoms with Crippen LogP contribution >= 0.6 is 0 Å². The normalized spacial score (nSPS) is 16.9. The molecule has 0 saturated heterocycles. The van der Waals surface area contributed by atoms with E-state index in [1.807, 2.05) is 12.1 Å². The van der Waals surface area contributed by atoms with Crippen molar-refractivity contribution in [2.75, 3.05) is 0 Å². The minimum absolute atomic E-state index is 1.07. The number of benzene rings is 2. The zero-order chi connectivity index (χ0) is 15.8. The Morgan fingerprint density at radius 2 is 0.955 bits per heavy atom. The molecule has 108 valence electrons. The van der Waals surface area contributed by atoms with Crippen LogP contribution < -0.4 is 10.4 Å². The fourth-order valence-electron chi connectivity index (χ4n) is 2.86. The van der Waals surface area contributed by atoms with Crippen LogP contribution in [0.25, 0.3) is 0 Å². The molecule has 2 aromatic rings. The summed E-state index contributed by atoms with van der Waals surface area (Å²) in [6.07, 6.45) is 0. The molecule has 0 aromatic heterocycles. The van der Waals surface area contributed by atoms with Crippen molar-refractivity contribution in [2.45, 2.75) is 26.2 Å². The fraction of sp³-hybridized carbons (Fsp3) is 0.200. The summed E-state index contributed by atoms with van der Waals surface area (Å²) in [5.41, 5.74) is 9.38. The van der Waals surface area contributed by atoms with E-state index in [1.165, 1.54) is 10.4 Å². The van der Waals surface area contributed by atoms with E-state index in [2.05, 4.69) is 85.5 Å². The maximum absolute atomic E-state index is 3.62. The first-order valence-corrected chi connectivity index (χ1v) is 13.7. The summed E-state index contributed by atoms with van der Waals surface area (Å²) in [6, 6.07) is 17.1. The molecule has 0 spiro atoms. The number of rotatable bonds is 0. The van der Waals surface area contributed by atoms with Crippen LogP contribution in [0.5, 0.6) is 0 Å². The highest BCUT2D eigenvalue weighted by Crippen LogP contribution is 2.11. The first kappa shape index (κ1) is 14.9. The molecule has 0 N–H and O–H groups in total. The molecular weight excluding hydrogens is 296 g/mol. The van der Waals surface area contributed by atoms with Crippen molar-refractivity contribution >= 4 is 26.5 Å². The van der Waals surface area contributed by atoms with Gasteiger partial charge in [-0.2, -0.15) is 0 Å². The zero-order valence-corrected chi connectivity index (χ0v) is 15.6. The molecule has 0 nitrogen and oxygen atoms in total. The van der Waals surface area contributed by atoms with Gasteiger partial charge < -0.3 is 0 Å². The Labute approximate surface area is 135 Å². The van der Waals surface area contributed by atoms with Crippen LogP contribution in [0.2, 0.25) is 26.2 Å². The minimum Gasteiger partial charge on any atom is -0.121 e. The predicted molar refractivity (Wildman–Crippen MR) is 101 cm³/mol. The topological polar surface area (TPSA) is 0 Å². The largest absolute Gasteiger partial charge is 0.163 e. The van der Waals surface area contributed by atoms with Crippen molar-refractivity contribution in [3.8, 4) is 22.9 Å². The van der Waals surface area contributed by atoms with Gasteiger partial charge in [0.1, 0.15) is 0 Å². The van der Waals surface area contributed by atoms with Crippen molar-refractivity contribution in [1.29, 1.82) is 0 Å². The lowest BCUT2D eigenvalue weighted by Gasteiger charge is -2.26. The van der Waals surface area contributed by atoms with Crippen LogP contribution in [-0.4, -0.2) is 16.1 Å². The lowest BCUT2D eigenvalue weighted by Crippen LogP contribution is -2.58. The summed E-state index contributed by atoms with van der Waals surface area (Å²) in [7, 11) is -3.60. The minimum atomic E-state index is -1.80. The molecule has 22 heavy (non-hydrogen) atoms. The lowest BCUT2D eigenvalue weighted by molar-refractivity contribution is 1.59. The second-order valence-electron chi connectivity index (χ2n) is 6.84. The van der Waals surface area contributed by atoms with E-state index in [0.29, 0.717) is 0 Å². The third-order valence-corrected chi connectivity index (χ3v) is 9.54. The van der Waals surface area contributed by atoms with Crippen LogP contribution in [0.1, 0.15) is 11.1 Å². The van der Waals surface area contributed by atoms with Gasteiger partial charge in [-0.05, 0) is 22.5 Å². The summed E-state index contributed by atoms with van der Waals surface area (Å²) >= 11 is 0. The van der Waals surface area contributed by atoms with Crippen LogP contribution in [0, 0.1) is 22.9 Å². The molecule has 1 aliphatic heterocycles. The van der Waals surface area contributed by atoms with Gasteiger partial charge in [-0.15, -0.1) is 11.1 Å². The second kappa shape index (κ2) is 5.32. The number of hydrogen-bond donors (Lipinski definition) is 0. The summed E-state index contributed by atoms with van der Waals surface area (Å²) in [4.78, 5) is 0. The SMILES string of the molecule is C[Si]1(C)C#Cc2ccccc2C#C[Si](C)(C)c2ccccc21. The zero-order valence-electron chi connectivity index (χ0n) is 13.6. The molecular formula is C20H20Si2. The average molecular weight is 317 g/mol. The highest BCUT2D eigenvalue weighted by molar-refractivity contribution is 7.05. The molecule has 0 bridgehead atoms. The number of hydrogen-bond acceptors (Lipinski definition) is 0. The Kier molecular flexibility index (Phi) is 3.61. The van der Waals surface area contributed by atoms with Gasteiger partial charge in [0, 0.05) is 11.1 Å². The summed E-state index contributed by atoms with van der Waals surface area (Å²) < 4.78 is 0. The van der Waals surface area contributed by atoms with Gasteiger partial charge in [-0.3, -0.25) is 0 Å². The Morgan fingerprint density at radius 3 is 1.36 bits per heavy atom. The van der Waals surface area contributed by atoms with Crippen molar-refractivity contribution in [3.63, 3.8) is 0 Å². The van der Waals surface area contributed by atoms with Gasteiger partial charge in [0.2, 0.25) is 0 Å². The molecule has 1 aliphatic rings. The third kappa shape index (κ3) is 2.68. The summed E-state index contributed by atoms with van der Waals surface area (Å²) in [5, 5.41) is 2.93. The molecule has 0 atom stereocenters.